The van der Waals surface area contributed by atoms with E-state index in [1.807, 2.05) is 30.6 Å². The summed E-state index contributed by atoms with van der Waals surface area (Å²) in [5.74, 6) is 0. The van der Waals surface area contributed by atoms with Gasteiger partial charge in [0.2, 0.25) is 0 Å². The zero-order chi connectivity index (χ0) is 13.1. The van der Waals surface area contributed by atoms with Gasteiger partial charge in [-0.05, 0) is 31.2 Å². The third-order valence-corrected chi connectivity index (χ3v) is 3.99. The van der Waals surface area contributed by atoms with E-state index in [1.165, 1.54) is 17.7 Å². The maximum Gasteiger partial charge on any atom is 0.316 e. The van der Waals surface area contributed by atoms with Gasteiger partial charge in [-0.1, -0.05) is 6.07 Å². The SMILES string of the molecule is Cc1nc(OCc2cccs2)ncc1CNC1CC1. The lowest BCUT2D eigenvalue weighted by Crippen LogP contribution is -2.16. The molecule has 1 aliphatic carbocycles. The van der Waals surface area contributed by atoms with Gasteiger partial charge < -0.3 is 10.1 Å². The van der Waals surface area contributed by atoms with Crippen molar-refractivity contribution in [1.82, 2.24) is 15.3 Å². The fourth-order valence-corrected chi connectivity index (χ4v) is 2.40. The first-order valence-electron chi connectivity index (χ1n) is 6.52. The van der Waals surface area contributed by atoms with Crippen molar-refractivity contribution in [3.8, 4) is 6.01 Å². The van der Waals surface area contributed by atoms with Crippen LogP contribution in [0, 0.1) is 6.92 Å². The summed E-state index contributed by atoms with van der Waals surface area (Å²) in [4.78, 5) is 9.85. The van der Waals surface area contributed by atoms with Crippen LogP contribution in [0.25, 0.3) is 0 Å². The smallest absolute Gasteiger partial charge is 0.316 e. The Labute approximate surface area is 116 Å². The van der Waals surface area contributed by atoms with E-state index in [1.54, 1.807) is 11.3 Å². The highest BCUT2D eigenvalue weighted by Crippen LogP contribution is 2.20. The minimum atomic E-state index is 0.459. The molecule has 2 heterocycles. The average Bonchev–Trinajstić information content (AvgIpc) is 3.09. The lowest BCUT2D eigenvalue weighted by molar-refractivity contribution is 0.283. The Hall–Kier alpha value is -1.46. The average molecular weight is 275 g/mol. The van der Waals surface area contributed by atoms with Gasteiger partial charge >= 0.3 is 6.01 Å². The number of nitrogens with zero attached hydrogens (tertiary/aromatic N) is 2. The van der Waals surface area contributed by atoms with E-state index in [2.05, 4.69) is 15.3 Å². The van der Waals surface area contributed by atoms with Gasteiger partial charge in [0.25, 0.3) is 0 Å². The van der Waals surface area contributed by atoms with Crippen molar-refractivity contribution in [3.63, 3.8) is 0 Å². The zero-order valence-corrected chi connectivity index (χ0v) is 11.7. The molecule has 0 radical (unpaired) electrons. The molecule has 2 aromatic rings. The van der Waals surface area contributed by atoms with Gasteiger partial charge in [0.15, 0.2) is 0 Å². The standard InChI is InChI=1S/C14H17N3OS/c1-10-11(7-15-12-4-5-12)8-16-14(17-10)18-9-13-3-2-6-19-13/h2-3,6,8,12,15H,4-5,7,9H2,1H3. The van der Waals surface area contributed by atoms with E-state index in [-0.39, 0.29) is 0 Å². The van der Waals surface area contributed by atoms with E-state index >= 15 is 0 Å². The van der Waals surface area contributed by atoms with E-state index in [0.29, 0.717) is 18.7 Å². The number of hydrogen-bond donors (Lipinski definition) is 1. The first-order valence-corrected chi connectivity index (χ1v) is 7.40. The summed E-state index contributed by atoms with van der Waals surface area (Å²) in [6.07, 6.45) is 4.45. The highest BCUT2D eigenvalue weighted by molar-refractivity contribution is 7.09. The number of nitrogens with one attached hydrogen (secondary N) is 1. The fraction of sp³-hybridized carbons (Fsp3) is 0.429. The lowest BCUT2D eigenvalue weighted by atomic mass is 10.2. The summed E-state index contributed by atoms with van der Waals surface area (Å²) in [5.41, 5.74) is 2.14. The monoisotopic (exact) mass is 275 g/mol. The van der Waals surface area contributed by atoms with Crippen LogP contribution in [0.5, 0.6) is 6.01 Å². The molecular weight excluding hydrogens is 258 g/mol. The van der Waals surface area contributed by atoms with Gasteiger partial charge in [0.05, 0.1) is 0 Å². The van der Waals surface area contributed by atoms with E-state index in [0.717, 1.165) is 17.8 Å². The minimum absolute atomic E-state index is 0.459. The number of ether oxygens (including phenoxy) is 1. The largest absolute Gasteiger partial charge is 0.458 e. The lowest BCUT2D eigenvalue weighted by Gasteiger charge is -2.08. The van der Waals surface area contributed by atoms with Gasteiger partial charge in [-0.25, -0.2) is 9.97 Å². The quantitative estimate of drug-likeness (QED) is 0.880. The van der Waals surface area contributed by atoms with Gasteiger partial charge in [0, 0.05) is 34.9 Å². The molecule has 3 rings (SSSR count). The first kappa shape index (κ1) is 12.6. The molecule has 0 saturated heterocycles. The summed E-state index contributed by atoms with van der Waals surface area (Å²) in [6.45, 7) is 3.39. The molecule has 0 atom stereocenters. The molecule has 0 unspecified atom stereocenters. The number of thiophene rings is 1. The Kier molecular flexibility index (Phi) is 3.75. The van der Waals surface area contributed by atoms with Gasteiger partial charge in [0.1, 0.15) is 6.61 Å². The van der Waals surface area contributed by atoms with Gasteiger partial charge in [-0.15, -0.1) is 11.3 Å². The molecule has 19 heavy (non-hydrogen) atoms. The third kappa shape index (κ3) is 3.52. The molecule has 0 spiro atoms. The van der Waals surface area contributed by atoms with Crippen molar-refractivity contribution in [3.05, 3.63) is 39.8 Å². The van der Waals surface area contributed by atoms with Crippen molar-refractivity contribution in [2.24, 2.45) is 0 Å². The predicted molar refractivity (Wildman–Crippen MR) is 75.3 cm³/mol. The summed E-state index contributed by atoms with van der Waals surface area (Å²) < 4.78 is 5.59. The van der Waals surface area contributed by atoms with Crippen LogP contribution in [0.3, 0.4) is 0 Å². The summed E-state index contributed by atoms with van der Waals surface area (Å²) in [6, 6.07) is 5.23. The third-order valence-electron chi connectivity index (χ3n) is 3.14. The number of aryl methyl sites for hydroxylation is 1. The van der Waals surface area contributed by atoms with Gasteiger partial charge in [-0.2, -0.15) is 0 Å². The molecule has 1 saturated carbocycles. The topological polar surface area (TPSA) is 47.0 Å². The van der Waals surface area contributed by atoms with Crippen LogP contribution < -0.4 is 10.1 Å². The van der Waals surface area contributed by atoms with E-state index < -0.39 is 0 Å². The van der Waals surface area contributed by atoms with Crippen LogP contribution in [0.2, 0.25) is 0 Å². The second-order valence-corrected chi connectivity index (χ2v) is 5.82. The van der Waals surface area contributed by atoms with Crippen molar-refractivity contribution in [1.29, 1.82) is 0 Å². The molecule has 0 aliphatic heterocycles. The zero-order valence-electron chi connectivity index (χ0n) is 10.9. The molecule has 0 bridgehead atoms. The molecule has 5 heteroatoms. The molecule has 1 N–H and O–H groups in total. The Morgan fingerprint density at radius 1 is 1.47 bits per heavy atom. The molecule has 0 amide bonds. The van der Waals surface area contributed by atoms with Crippen LogP contribution in [0.15, 0.2) is 23.7 Å². The molecular formula is C14H17N3OS. The van der Waals surface area contributed by atoms with Crippen LogP contribution in [0.1, 0.15) is 29.0 Å². The van der Waals surface area contributed by atoms with Crippen molar-refractivity contribution < 1.29 is 4.74 Å². The Morgan fingerprint density at radius 3 is 3.05 bits per heavy atom. The Bertz CT molecular complexity index is 538. The molecule has 1 fully saturated rings. The maximum absolute atomic E-state index is 5.59. The Balaban J connectivity index is 1.58. The second-order valence-electron chi connectivity index (χ2n) is 4.79. The number of aromatic nitrogens is 2. The summed E-state index contributed by atoms with van der Waals surface area (Å²) >= 11 is 1.68. The summed E-state index contributed by atoms with van der Waals surface area (Å²) in [5, 5.41) is 5.51. The van der Waals surface area contributed by atoms with E-state index in [4.69, 9.17) is 4.74 Å². The highest BCUT2D eigenvalue weighted by Gasteiger charge is 2.20. The Morgan fingerprint density at radius 2 is 2.37 bits per heavy atom. The fourth-order valence-electron chi connectivity index (χ4n) is 1.79. The number of hydrogen-bond acceptors (Lipinski definition) is 5. The van der Waals surface area contributed by atoms with Crippen LogP contribution in [-0.2, 0) is 13.2 Å². The van der Waals surface area contributed by atoms with Crippen molar-refractivity contribution in [2.45, 2.75) is 39.0 Å². The second kappa shape index (κ2) is 5.67. The minimum Gasteiger partial charge on any atom is -0.458 e. The van der Waals surface area contributed by atoms with Crippen molar-refractivity contribution >= 4 is 11.3 Å². The molecule has 100 valence electrons. The van der Waals surface area contributed by atoms with Gasteiger partial charge in [-0.3, -0.25) is 0 Å². The van der Waals surface area contributed by atoms with Crippen LogP contribution in [0.4, 0.5) is 0 Å². The van der Waals surface area contributed by atoms with Crippen LogP contribution >= 0.6 is 11.3 Å². The number of rotatable bonds is 6. The summed E-state index contributed by atoms with van der Waals surface area (Å²) in [7, 11) is 0. The normalized spacial score (nSPS) is 14.6. The molecule has 2 aromatic heterocycles. The van der Waals surface area contributed by atoms with Crippen LogP contribution in [-0.4, -0.2) is 16.0 Å². The van der Waals surface area contributed by atoms with E-state index in [9.17, 15) is 0 Å². The first-order chi connectivity index (χ1) is 9.31. The molecule has 4 nitrogen and oxygen atoms in total. The maximum atomic E-state index is 5.59. The molecule has 0 aromatic carbocycles. The predicted octanol–water partition coefficient (Wildman–Crippen LogP) is 2.68. The molecule has 1 aliphatic rings. The highest BCUT2D eigenvalue weighted by atomic mass is 32.1. The van der Waals surface area contributed by atoms with Crippen molar-refractivity contribution in [2.75, 3.05) is 0 Å².